The molecular weight excluding hydrogens is 248 g/mol. The predicted octanol–water partition coefficient (Wildman–Crippen LogP) is 2.73. The second-order valence-corrected chi connectivity index (χ2v) is 6.37. The number of hydrogen-bond donors (Lipinski definition) is 0. The third-order valence-corrected chi connectivity index (χ3v) is 4.70. The normalized spacial score (nSPS) is 23.3. The van der Waals surface area contributed by atoms with Crippen LogP contribution in [0.4, 0.5) is 0 Å². The Morgan fingerprint density at radius 3 is 3.00 bits per heavy atom. The molecule has 0 bridgehead atoms. The van der Waals surface area contributed by atoms with E-state index < -0.39 is 0 Å². The maximum absolute atomic E-state index is 12.2. The molecule has 1 amide bonds. The summed E-state index contributed by atoms with van der Waals surface area (Å²) in [6, 6.07) is 2.04. The zero-order chi connectivity index (χ0) is 13.1. The zero-order valence-electron chi connectivity index (χ0n) is 11.2. The van der Waals surface area contributed by atoms with E-state index in [1.165, 1.54) is 6.42 Å². The van der Waals surface area contributed by atoms with Crippen LogP contribution in [0.2, 0.25) is 0 Å². The molecule has 0 aliphatic heterocycles. The Kier molecular flexibility index (Phi) is 4.32. The molecule has 2 unspecified atom stereocenters. The van der Waals surface area contributed by atoms with Gasteiger partial charge in [0.15, 0.2) is 0 Å². The number of thioether (sulfide) groups is 1. The van der Waals surface area contributed by atoms with Crippen LogP contribution < -0.4 is 0 Å². The molecule has 0 radical (unpaired) electrons. The largest absolute Gasteiger partial charge is 0.351 e. The van der Waals surface area contributed by atoms with Crippen molar-refractivity contribution in [2.75, 3.05) is 12.8 Å². The fourth-order valence-corrected chi connectivity index (χ4v) is 3.59. The molecule has 2 rings (SSSR count). The van der Waals surface area contributed by atoms with Crippen molar-refractivity contribution in [2.24, 2.45) is 0 Å². The molecule has 1 aliphatic carbocycles. The van der Waals surface area contributed by atoms with Gasteiger partial charge in [-0.3, -0.25) is 4.79 Å². The average Bonchev–Trinajstić information content (AvgIpc) is 2.97. The number of hydrogen-bond acceptors (Lipinski definition) is 4. The smallest absolute Gasteiger partial charge is 0.292 e. The number of carbonyl (C=O) groups excluding carboxylic acids is 1. The van der Waals surface area contributed by atoms with Crippen LogP contribution in [0.25, 0.3) is 0 Å². The van der Waals surface area contributed by atoms with Crippen LogP contribution in [-0.2, 0) is 0 Å². The molecule has 100 valence electrons. The first-order valence-corrected chi connectivity index (χ1v) is 7.48. The number of aromatic nitrogens is 1. The third kappa shape index (κ3) is 2.88. The summed E-state index contributed by atoms with van der Waals surface area (Å²) < 4.78 is 5.03. The standard InChI is InChI=1S/C13H20N2O2S/c1-4-18-11-6-5-10(8-11)15(3)13(16)12-7-9(2)14-17-12/h7,10-11H,4-6,8H2,1-3H3. The van der Waals surface area contributed by atoms with Gasteiger partial charge in [-0.15, -0.1) is 0 Å². The van der Waals surface area contributed by atoms with E-state index in [4.69, 9.17) is 4.52 Å². The summed E-state index contributed by atoms with van der Waals surface area (Å²) >= 11 is 2.00. The Balaban J connectivity index is 1.95. The first-order valence-electron chi connectivity index (χ1n) is 6.44. The van der Waals surface area contributed by atoms with Crippen LogP contribution in [0, 0.1) is 6.92 Å². The quantitative estimate of drug-likeness (QED) is 0.842. The van der Waals surface area contributed by atoms with Crippen molar-refractivity contribution in [3.63, 3.8) is 0 Å². The van der Waals surface area contributed by atoms with E-state index in [0.717, 1.165) is 24.3 Å². The fourth-order valence-electron chi connectivity index (χ4n) is 2.46. The van der Waals surface area contributed by atoms with Crippen LogP contribution in [0.15, 0.2) is 10.6 Å². The molecule has 2 atom stereocenters. The molecule has 1 saturated carbocycles. The number of nitrogens with zero attached hydrogens (tertiary/aromatic N) is 2. The van der Waals surface area contributed by atoms with E-state index in [1.54, 1.807) is 6.07 Å². The minimum atomic E-state index is -0.0530. The Labute approximate surface area is 112 Å². The van der Waals surface area contributed by atoms with Gasteiger partial charge >= 0.3 is 0 Å². The van der Waals surface area contributed by atoms with Crippen molar-refractivity contribution >= 4 is 17.7 Å². The molecule has 0 N–H and O–H groups in total. The Morgan fingerprint density at radius 1 is 1.61 bits per heavy atom. The lowest BCUT2D eigenvalue weighted by Gasteiger charge is -2.23. The van der Waals surface area contributed by atoms with Gasteiger partial charge in [-0.1, -0.05) is 12.1 Å². The van der Waals surface area contributed by atoms with Crippen molar-refractivity contribution in [2.45, 2.75) is 44.4 Å². The Bertz CT molecular complexity index is 419. The summed E-state index contributed by atoms with van der Waals surface area (Å²) in [5, 5.41) is 4.47. The molecule has 1 aromatic rings. The average molecular weight is 268 g/mol. The van der Waals surface area contributed by atoms with Gasteiger partial charge in [0.05, 0.1) is 5.69 Å². The van der Waals surface area contributed by atoms with E-state index in [9.17, 15) is 4.79 Å². The van der Waals surface area contributed by atoms with E-state index in [2.05, 4.69) is 12.1 Å². The van der Waals surface area contributed by atoms with E-state index in [1.807, 2.05) is 30.6 Å². The fraction of sp³-hybridized carbons (Fsp3) is 0.692. The van der Waals surface area contributed by atoms with Crippen LogP contribution in [0.5, 0.6) is 0 Å². The van der Waals surface area contributed by atoms with Crippen molar-refractivity contribution in [3.05, 3.63) is 17.5 Å². The maximum atomic E-state index is 12.2. The van der Waals surface area contributed by atoms with Crippen LogP contribution in [0.1, 0.15) is 42.4 Å². The minimum absolute atomic E-state index is 0.0530. The highest BCUT2D eigenvalue weighted by Crippen LogP contribution is 2.32. The van der Waals surface area contributed by atoms with Gasteiger partial charge in [0.25, 0.3) is 5.91 Å². The summed E-state index contributed by atoms with van der Waals surface area (Å²) in [5.41, 5.74) is 0.748. The number of amides is 1. The SMILES string of the molecule is CCSC1CCC(N(C)C(=O)c2cc(C)no2)C1. The lowest BCUT2D eigenvalue weighted by molar-refractivity contribution is 0.0693. The Hall–Kier alpha value is -0.970. The summed E-state index contributed by atoms with van der Waals surface area (Å²) in [7, 11) is 1.86. The molecular formula is C13H20N2O2S. The van der Waals surface area contributed by atoms with Crippen LogP contribution >= 0.6 is 11.8 Å². The molecule has 1 aliphatic rings. The molecule has 1 heterocycles. The van der Waals surface area contributed by atoms with Crippen molar-refractivity contribution in [3.8, 4) is 0 Å². The van der Waals surface area contributed by atoms with Gasteiger partial charge < -0.3 is 9.42 Å². The van der Waals surface area contributed by atoms with Gasteiger partial charge in [0.1, 0.15) is 0 Å². The van der Waals surface area contributed by atoms with Crippen molar-refractivity contribution in [1.82, 2.24) is 10.1 Å². The van der Waals surface area contributed by atoms with E-state index >= 15 is 0 Å². The number of rotatable bonds is 4. The summed E-state index contributed by atoms with van der Waals surface area (Å²) in [5.74, 6) is 1.44. The first-order chi connectivity index (χ1) is 8.61. The summed E-state index contributed by atoms with van der Waals surface area (Å²) in [4.78, 5) is 14.0. The lowest BCUT2D eigenvalue weighted by atomic mass is 10.2. The molecule has 0 aromatic carbocycles. The number of aryl methyl sites for hydroxylation is 1. The van der Waals surface area contributed by atoms with Crippen LogP contribution in [-0.4, -0.2) is 40.1 Å². The van der Waals surface area contributed by atoms with Gasteiger partial charge in [-0.2, -0.15) is 11.8 Å². The van der Waals surface area contributed by atoms with Gasteiger partial charge in [-0.25, -0.2) is 0 Å². The van der Waals surface area contributed by atoms with Crippen LogP contribution in [0.3, 0.4) is 0 Å². The minimum Gasteiger partial charge on any atom is -0.351 e. The molecule has 0 spiro atoms. The summed E-state index contributed by atoms with van der Waals surface area (Å²) in [6.07, 6.45) is 3.39. The van der Waals surface area contributed by atoms with Gasteiger partial charge in [0, 0.05) is 24.4 Å². The van der Waals surface area contributed by atoms with Gasteiger partial charge in [0.2, 0.25) is 5.76 Å². The van der Waals surface area contributed by atoms with Crippen molar-refractivity contribution < 1.29 is 9.32 Å². The van der Waals surface area contributed by atoms with E-state index in [0.29, 0.717) is 17.1 Å². The summed E-state index contributed by atoms with van der Waals surface area (Å²) in [6.45, 7) is 4.01. The second kappa shape index (κ2) is 5.78. The molecule has 1 fully saturated rings. The predicted molar refractivity (Wildman–Crippen MR) is 72.9 cm³/mol. The zero-order valence-corrected chi connectivity index (χ0v) is 12.0. The third-order valence-electron chi connectivity index (χ3n) is 3.47. The first kappa shape index (κ1) is 13.5. The molecule has 18 heavy (non-hydrogen) atoms. The molecule has 0 saturated heterocycles. The second-order valence-electron chi connectivity index (χ2n) is 4.79. The van der Waals surface area contributed by atoms with Crippen molar-refractivity contribution in [1.29, 1.82) is 0 Å². The number of carbonyl (C=O) groups is 1. The molecule has 4 nitrogen and oxygen atoms in total. The monoisotopic (exact) mass is 268 g/mol. The van der Waals surface area contributed by atoms with Gasteiger partial charge in [-0.05, 0) is 31.9 Å². The molecule has 1 aromatic heterocycles. The topological polar surface area (TPSA) is 46.3 Å². The molecule has 5 heteroatoms. The maximum Gasteiger partial charge on any atom is 0.292 e. The highest BCUT2D eigenvalue weighted by atomic mass is 32.2. The van der Waals surface area contributed by atoms with E-state index in [-0.39, 0.29) is 5.91 Å². The highest BCUT2D eigenvalue weighted by Gasteiger charge is 2.31. The highest BCUT2D eigenvalue weighted by molar-refractivity contribution is 7.99. The lowest BCUT2D eigenvalue weighted by Crippen LogP contribution is -2.35. The Morgan fingerprint density at radius 2 is 2.39 bits per heavy atom.